The lowest BCUT2D eigenvalue weighted by Crippen LogP contribution is -2.00. The topological polar surface area (TPSA) is 51.8 Å². The molecule has 0 N–H and O–H groups in total. The highest BCUT2D eigenvalue weighted by Crippen LogP contribution is 2.42. The molecule has 0 aliphatic rings. The van der Waals surface area contributed by atoms with Gasteiger partial charge in [0.1, 0.15) is 11.2 Å². The monoisotopic (exact) mass is 753 g/mol. The Balaban J connectivity index is 1.00. The quantitative estimate of drug-likeness (QED) is 0.163. The zero-order valence-electron chi connectivity index (χ0n) is 32.0. The summed E-state index contributed by atoms with van der Waals surface area (Å²) in [6.07, 6.45) is 0. The lowest BCUT2D eigenvalue weighted by Gasteiger charge is -2.12. The molecule has 2 aromatic heterocycles. The number of nitrogens with zero attached hydrogens (tertiary/aromatic N) is 3. The third-order valence-corrected chi connectivity index (χ3v) is 11.1. The van der Waals surface area contributed by atoms with E-state index in [9.17, 15) is 0 Å². The van der Waals surface area contributed by atoms with Crippen molar-refractivity contribution in [2.24, 2.45) is 0 Å². The highest BCUT2D eigenvalue weighted by molar-refractivity contribution is 6.19. The van der Waals surface area contributed by atoms with Crippen molar-refractivity contribution in [2.45, 2.75) is 0 Å². The van der Waals surface area contributed by atoms with Gasteiger partial charge in [-0.25, -0.2) is 15.0 Å². The van der Waals surface area contributed by atoms with E-state index in [0.29, 0.717) is 17.5 Å². The molecule has 0 aliphatic carbocycles. The first-order chi connectivity index (χ1) is 29.2. The average molecular weight is 754 g/mol. The smallest absolute Gasteiger partial charge is 0.164 e. The van der Waals surface area contributed by atoms with Gasteiger partial charge in [0.15, 0.2) is 17.5 Å². The number of fused-ring (bicyclic) bond motifs is 5. The van der Waals surface area contributed by atoms with Crippen LogP contribution in [0.1, 0.15) is 0 Å². The minimum atomic E-state index is 0.630. The summed E-state index contributed by atoms with van der Waals surface area (Å²) in [6, 6.07) is 74.1. The first-order valence-corrected chi connectivity index (χ1v) is 19.8. The van der Waals surface area contributed by atoms with Gasteiger partial charge in [0.05, 0.1) is 0 Å². The van der Waals surface area contributed by atoms with E-state index in [0.717, 1.165) is 77.2 Å². The van der Waals surface area contributed by atoms with Gasteiger partial charge in [-0.05, 0) is 80.2 Å². The molecule has 0 aliphatic heterocycles. The Morgan fingerprint density at radius 3 is 1.36 bits per heavy atom. The van der Waals surface area contributed by atoms with E-state index in [4.69, 9.17) is 19.4 Å². The van der Waals surface area contributed by atoms with Gasteiger partial charge in [0.25, 0.3) is 0 Å². The van der Waals surface area contributed by atoms with Crippen LogP contribution in [0.2, 0.25) is 0 Å². The molecule has 0 atom stereocenters. The zero-order chi connectivity index (χ0) is 39.1. The summed E-state index contributed by atoms with van der Waals surface area (Å²) in [5.41, 5.74) is 13.8. The van der Waals surface area contributed by atoms with Gasteiger partial charge in [-0.15, -0.1) is 0 Å². The minimum Gasteiger partial charge on any atom is -0.455 e. The van der Waals surface area contributed by atoms with E-state index in [2.05, 4.69) is 152 Å². The summed E-state index contributed by atoms with van der Waals surface area (Å²) in [5, 5.41) is 4.43. The lowest BCUT2D eigenvalue weighted by atomic mass is 9.92. The van der Waals surface area contributed by atoms with Gasteiger partial charge in [-0.3, -0.25) is 0 Å². The molecule has 0 saturated heterocycles. The van der Waals surface area contributed by atoms with E-state index in [1.807, 2.05) is 60.7 Å². The highest BCUT2D eigenvalue weighted by atomic mass is 16.3. The van der Waals surface area contributed by atoms with Crippen molar-refractivity contribution in [3.8, 4) is 78.7 Å². The summed E-state index contributed by atoms with van der Waals surface area (Å²) in [7, 11) is 0. The van der Waals surface area contributed by atoms with E-state index in [1.54, 1.807) is 0 Å². The highest BCUT2D eigenvalue weighted by Gasteiger charge is 2.18. The third kappa shape index (κ3) is 6.34. The normalized spacial score (nSPS) is 11.4. The predicted octanol–water partition coefficient (Wildman–Crippen LogP) is 14.6. The SMILES string of the molecule is c1ccc(-c2nc(-c3ccccc3)nc(-c3cccc(-c4cccc(-c5cc6c7ccc(-c8ccccc8-c8ccccc8)cc7oc6c6ccccc56)c4)c3)n2)cc1. The number of furan rings is 1. The van der Waals surface area contributed by atoms with E-state index >= 15 is 0 Å². The first kappa shape index (κ1) is 34.3. The van der Waals surface area contributed by atoms with Crippen molar-refractivity contribution in [3.05, 3.63) is 212 Å². The van der Waals surface area contributed by atoms with Crippen molar-refractivity contribution in [1.29, 1.82) is 0 Å². The average Bonchev–Trinajstić information content (AvgIpc) is 3.70. The Morgan fingerprint density at radius 2 is 0.712 bits per heavy atom. The van der Waals surface area contributed by atoms with Crippen LogP contribution < -0.4 is 0 Å². The van der Waals surface area contributed by atoms with Gasteiger partial charge in [-0.1, -0.05) is 182 Å². The van der Waals surface area contributed by atoms with Crippen molar-refractivity contribution in [3.63, 3.8) is 0 Å². The molecule has 0 saturated carbocycles. The van der Waals surface area contributed by atoms with Crippen LogP contribution in [0.5, 0.6) is 0 Å². The number of benzene rings is 9. The molecule has 59 heavy (non-hydrogen) atoms. The first-order valence-electron chi connectivity index (χ1n) is 19.8. The second-order valence-electron chi connectivity index (χ2n) is 14.8. The summed E-state index contributed by atoms with van der Waals surface area (Å²) in [6.45, 7) is 0. The number of aromatic nitrogens is 3. The van der Waals surface area contributed by atoms with Crippen LogP contribution in [0, 0.1) is 0 Å². The van der Waals surface area contributed by atoms with Crippen LogP contribution >= 0.6 is 0 Å². The van der Waals surface area contributed by atoms with Crippen LogP contribution in [-0.2, 0) is 0 Å². The molecule has 0 bridgehead atoms. The Hall–Kier alpha value is -7.95. The molecule has 276 valence electrons. The summed E-state index contributed by atoms with van der Waals surface area (Å²) in [5.74, 6) is 1.92. The fraction of sp³-hybridized carbons (Fsp3) is 0. The molecular formula is C55H35N3O. The largest absolute Gasteiger partial charge is 0.455 e. The number of rotatable bonds is 7. The lowest BCUT2D eigenvalue weighted by molar-refractivity contribution is 0.673. The molecule has 4 heteroatoms. The van der Waals surface area contributed by atoms with Crippen LogP contribution in [0.4, 0.5) is 0 Å². The minimum absolute atomic E-state index is 0.630. The summed E-state index contributed by atoms with van der Waals surface area (Å²) < 4.78 is 6.77. The number of hydrogen-bond donors (Lipinski definition) is 0. The van der Waals surface area contributed by atoms with Crippen LogP contribution in [-0.4, -0.2) is 15.0 Å². The van der Waals surface area contributed by atoms with Crippen molar-refractivity contribution in [1.82, 2.24) is 15.0 Å². The maximum Gasteiger partial charge on any atom is 0.164 e. The molecule has 0 unspecified atom stereocenters. The number of hydrogen-bond acceptors (Lipinski definition) is 4. The molecule has 11 aromatic rings. The van der Waals surface area contributed by atoms with Gasteiger partial charge >= 0.3 is 0 Å². The second kappa shape index (κ2) is 14.5. The summed E-state index contributed by atoms with van der Waals surface area (Å²) >= 11 is 0. The van der Waals surface area contributed by atoms with E-state index in [1.165, 1.54) is 16.7 Å². The van der Waals surface area contributed by atoms with Gasteiger partial charge < -0.3 is 4.42 Å². The molecule has 9 aromatic carbocycles. The third-order valence-electron chi connectivity index (χ3n) is 11.1. The van der Waals surface area contributed by atoms with Crippen molar-refractivity contribution < 1.29 is 4.42 Å². The molecule has 2 heterocycles. The van der Waals surface area contributed by atoms with Crippen molar-refractivity contribution >= 4 is 32.7 Å². The fourth-order valence-corrected chi connectivity index (χ4v) is 8.25. The summed E-state index contributed by atoms with van der Waals surface area (Å²) in [4.78, 5) is 14.9. The second-order valence-corrected chi connectivity index (χ2v) is 14.8. The Bertz CT molecular complexity index is 3260. The molecule has 11 rings (SSSR count). The maximum atomic E-state index is 6.77. The van der Waals surface area contributed by atoms with Gasteiger partial charge in [0.2, 0.25) is 0 Å². The predicted molar refractivity (Wildman–Crippen MR) is 243 cm³/mol. The van der Waals surface area contributed by atoms with Crippen molar-refractivity contribution in [2.75, 3.05) is 0 Å². The van der Waals surface area contributed by atoms with Crippen LogP contribution in [0.3, 0.4) is 0 Å². The standard InChI is InChI=1S/C55H35N3O/c1-4-16-36(17-5-1)44-26-10-11-27-45(44)42-30-31-47-50-35-49(46-28-12-13-29-48(46)52(50)59-51(47)34-42)41-24-14-22-39(32-41)40-23-15-25-43(33-40)55-57-53(37-18-6-2-7-19-37)56-54(58-55)38-20-8-3-9-21-38/h1-35H. The molecule has 0 radical (unpaired) electrons. The maximum absolute atomic E-state index is 6.77. The van der Waals surface area contributed by atoms with Gasteiger partial charge in [-0.2, -0.15) is 0 Å². The molecule has 0 spiro atoms. The van der Waals surface area contributed by atoms with Crippen LogP contribution in [0.25, 0.3) is 111 Å². The zero-order valence-corrected chi connectivity index (χ0v) is 32.0. The van der Waals surface area contributed by atoms with Crippen LogP contribution in [0.15, 0.2) is 217 Å². The fourth-order valence-electron chi connectivity index (χ4n) is 8.25. The Kier molecular flexibility index (Phi) is 8.45. The molecule has 0 amide bonds. The van der Waals surface area contributed by atoms with Gasteiger partial charge in [0, 0.05) is 32.8 Å². The molecule has 0 fully saturated rings. The molecular weight excluding hydrogens is 719 g/mol. The molecule has 4 nitrogen and oxygen atoms in total. The van der Waals surface area contributed by atoms with E-state index < -0.39 is 0 Å². The Labute approximate surface area is 341 Å². The Morgan fingerprint density at radius 1 is 0.254 bits per heavy atom. The van der Waals surface area contributed by atoms with E-state index in [-0.39, 0.29) is 0 Å².